The van der Waals surface area contributed by atoms with Gasteiger partial charge in [-0.1, -0.05) is 18.2 Å². The number of nitrogens with zero attached hydrogens (tertiary/aromatic N) is 1. The van der Waals surface area contributed by atoms with Crippen molar-refractivity contribution in [2.45, 2.75) is 0 Å². The molecular weight excluding hydrogens is 244 g/mol. The van der Waals surface area contributed by atoms with Crippen LogP contribution in [0.4, 0.5) is 10.5 Å². The first-order chi connectivity index (χ1) is 9.17. The molecule has 0 spiro atoms. The molecule has 0 aliphatic heterocycles. The van der Waals surface area contributed by atoms with E-state index in [2.05, 4.69) is 22.5 Å². The number of carbonyl (C=O) groups excluding carboxylic acids is 2. The second-order valence-electron chi connectivity index (χ2n) is 3.56. The van der Waals surface area contributed by atoms with Crippen LogP contribution in [0.25, 0.3) is 0 Å². The van der Waals surface area contributed by atoms with E-state index in [4.69, 9.17) is 5.26 Å². The summed E-state index contributed by atoms with van der Waals surface area (Å²) < 4.78 is 0. The van der Waals surface area contributed by atoms with Gasteiger partial charge in [0, 0.05) is 6.54 Å². The summed E-state index contributed by atoms with van der Waals surface area (Å²) in [4.78, 5) is 22.6. The van der Waals surface area contributed by atoms with Gasteiger partial charge < -0.3 is 10.6 Å². The number of benzene rings is 1. The first-order valence-corrected chi connectivity index (χ1v) is 5.59. The minimum atomic E-state index is -0.583. The topological polar surface area (TPSA) is 94.0 Å². The molecule has 0 bridgehead atoms. The highest BCUT2D eigenvalue weighted by Gasteiger charge is 2.07. The minimum Gasteiger partial charge on any atom is -0.375 e. The van der Waals surface area contributed by atoms with Gasteiger partial charge >= 0.3 is 6.03 Å². The van der Waals surface area contributed by atoms with E-state index < -0.39 is 11.9 Å². The highest BCUT2D eigenvalue weighted by molar-refractivity contribution is 5.96. The summed E-state index contributed by atoms with van der Waals surface area (Å²) in [5, 5.41) is 16.2. The van der Waals surface area contributed by atoms with Gasteiger partial charge in [0.05, 0.1) is 17.8 Å². The number of rotatable bonds is 5. The van der Waals surface area contributed by atoms with Crippen molar-refractivity contribution < 1.29 is 9.59 Å². The number of nitrogens with one attached hydrogen (secondary N) is 3. The first-order valence-electron chi connectivity index (χ1n) is 5.59. The summed E-state index contributed by atoms with van der Waals surface area (Å²) in [7, 11) is 0. The maximum atomic E-state index is 11.4. The maximum Gasteiger partial charge on any atom is 0.321 e. The van der Waals surface area contributed by atoms with Crippen molar-refractivity contribution in [3.8, 4) is 6.07 Å². The monoisotopic (exact) mass is 258 g/mol. The Morgan fingerprint density at radius 3 is 2.79 bits per heavy atom. The van der Waals surface area contributed by atoms with Crippen LogP contribution < -0.4 is 16.0 Å². The lowest BCUT2D eigenvalue weighted by Gasteiger charge is -2.08. The third-order valence-electron chi connectivity index (χ3n) is 2.15. The molecule has 0 unspecified atom stereocenters. The zero-order valence-electron chi connectivity index (χ0n) is 10.3. The second-order valence-corrected chi connectivity index (χ2v) is 3.56. The number of imide groups is 1. The largest absolute Gasteiger partial charge is 0.375 e. The maximum absolute atomic E-state index is 11.4. The second kappa shape index (κ2) is 7.50. The van der Waals surface area contributed by atoms with Gasteiger partial charge in [-0.3, -0.25) is 10.1 Å². The van der Waals surface area contributed by atoms with E-state index in [1.807, 2.05) is 6.07 Å². The Labute approximate surface area is 111 Å². The fraction of sp³-hybridized carbons (Fsp3) is 0.154. The zero-order valence-corrected chi connectivity index (χ0v) is 10.3. The van der Waals surface area contributed by atoms with Crippen LogP contribution in [0.5, 0.6) is 0 Å². The number of amides is 3. The number of hydrogen-bond donors (Lipinski definition) is 3. The number of carbonyl (C=O) groups is 2. The molecule has 0 saturated heterocycles. The van der Waals surface area contributed by atoms with E-state index in [1.54, 1.807) is 24.3 Å². The molecule has 0 aliphatic carbocycles. The van der Waals surface area contributed by atoms with Gasteiger partial charge in [0.25, 0.3) is 0 Å². The van der Waals surface area contributed by atoms with Gasteiger partial charge in [-0.05, 0) is 12.1 Å². The Kier molecular flexibility index (Phi) is 5.63. The predicted octanol–water partition coefficient (Wildman–Crippen LogP) is 0.982. The molecule has 1 aromatic rings. The van der Waals surface area contributed by atoms with Gasteiger partial charge in [0.2, 0.25) is 5.91 Å². The van der Waals surface area contributed by atoms with Crippen molar-refractivity contribution in [1.82, 2.24) is 10.6 Å². The minimum absolute atomic E-state index is 0.0970. The molecule has 0 saturated carbocycles. The molecule has 98 valence electrons. The Balaban J connectivity index is 2.44. The van der Waals surface area contributed by atoms with Crippen molar-refractivity contribution in [2.75, 3.05) is 18.4 Å². The van der Waals surface area contributed by atoms with E-state index >= 15 is 0 Å². The summed E-state index contributed by atoms with van der Waals surface area (Å²) in [6, 6.07) is 8.22. The highest BCUT2D eigenvalue weighted by Crippen LogP contribution is 2.12. The summed E-state index contributed by atoms with van der Waals surface area (Å²) in [6.45, 7) is 3.62. The van der Waals surface area contributed by atoms with Crippen LogP contribution in [0.3, 0.4) is 0 Å². The van der Waals surface area contributed by atoms with Gasteiger partial charge in [-0.25, -0.2) is 4.79 Å². The zero-order chi connectivity index (χ0) is 14.1. The fourth-order valence-corrected chi connectivity index (χ4v) is 1.29. The molecule has 3 amide bonds. The third kappa shape index (κ3) is 4.91. The van der Waals surface area contributed by atoms with Crippen molar-refractivity contribution >= 4 is 17.6 Å². The van der Waals surface area contributed by atoms with Crippen LogP contribution in [0.15, 0.2) is 36.9 Å². The van der Waals surface area contributed by atoms with Crippen LogP contribution in [0.2, 0.25) is 0 Å². The number of urea groups is 1. The molecule has 1 aromatic carbocycles. The molecule has 0 atom stereocenters. The quantitative estimate of drug-likeness (QED) is 0.686. The van der Waals surface area contributed by atoms with Gasteiger partial charge in [-0.15, -0.1) is 6.58 Å². The van der Waals surface area contributed by atoms with E-state index in [0.29, 0.717) is 11.3 Å². The van der Waals surface area contributed by atoms with Crippen molar-refractivity contribution in [2.24, 2.45) is 0 Å². The van der Waals surface area contributed by atoms with Crippen LogP contribution in [-0.4, -0.2) is 25.0 Å². The Morgan fingerprint density at radius 1 is 1.37 bits per heavy atom. The summed E-state index contributed by atoms with van der Waals surface area (Å²) >= 11 is 0. The lowest BCUT2D eigenvalue weighted by atomic mass is 10.2. The number of anilines is 1. The molecule has 6 nitrogen and oxygen atoms in total. The molecule has 0 aromatic heterocycles. The Bertz CT molecular complexity index is 520. The van der Waals surface area contributed by atoms with Crippen LogP contribution in [0, 0.1) is 11.3 Å². The molecule has 1 rings (SSSR count). The van der Waals surface area contributed by atoms with Crippen molar-refractivity contribution in [3.05, 3.63) is 42.5 Å². The van der Waals surface area contributed by atoms with Crippen molar-refractivity contribution in [3.63, 3.8) is 0 Å². The van der Waals surface area contributed by atoms with E-state index in [-0.39, 0.29) is 13.1 Å². The fourth-order valence-electron chi connectivity index (χ4n) is 1.29. The normalized spacial score (nSPS) is 9.00. The van der Waals surface area contributed by atoms with Crippen LogP contribution in [0.1, 0.15) is 5.56 Å². The lowest BCUT2D eigenvalue weighted by molar-refractivity contribution is -0.118. The average Bonchev–Trinajstić information content (AvgIpc) is 2.43. The standard InChI is InChI=1S/C13H14N4O2/c1-2-7-15-13(19)17-12(18)9-16-11-6-4-3-5-10(11)8-14/h2-6,16H,1,7,9H2,(H2,15,17,18,19). The average molecular weight is 258 g/mol. The molecule has 0 heterocycles. The number of para-hydroxylation sites is 1. The molecule has 0 radical (unpaired) electrons. The van der Waals surface area contributed by atoms with E-state index in [9.17, 15) is 9.59 Å². The lowest BCUT2D eigenvalue weighted by Crippen LogP contribution is -2.42. The molecule has 3 N–H and O–H groups in total. The summed E-state index contributed by atoms with van der Waals surface area (Å²) in [6.07, 6.45) is 1.51. The van der Waals surface area contributed by atoms with Gasteiger partial charge in [-0.2, -0.15) is 5.26 Å². The first kappa shape index (κ1) is 14.3. The molecule has 19 heavy (non-hydrogen) atoms. The molecule has 6 heteroatoms. The number of nitriles is 1. The van der Waals surface area contributed by atoms with Gasteiger partial charge in [0.1, 0.15) is 6.07 Å². The van der Waals surface area contributed by atoms with Crippen molar-refractivity contribution in [1.29, 1.82) is 5.26 Å². The van der Waals surface area contributed by atoms with Gasteiger partial charge in [0.15, 0.2) is 0 Å². The predicted molar refractivity (Wildman–Crippen MR) is 71.4 cm³/mol. The van der Waals surface area contributed by atoms with E-state index in [1.165, 1.54) is 6.08 Å². The van der Waals surface area contributed by atoms with E-state index in [0.717, 1.165) is 0 Å². The molecule has 0 fully saturated rings. The number of hydrogen-bond acceptors (Lipinski definition) is 4. The third-order valence-corrected chi connectivity index (χ3v) is 2.15. The summed E-state index contributed by atoms with van der Waals surface area (Å²) in [5.41, 5.74) is 0.984. The smallest absolute Gasteiger partial charge is 0.321 e. The Morgan fingerprint density at radius 2 is 2.11 bits per heavy atom. The molecular formula is C13H14N4O2. The highest BCUT2D eigenvalue weighted by atomic mass is 16.2. The molecule has 0 aliphatic rings. The summed E-state index contributed by atoms with van der Waals surface area (Å²) in [5.74, 6) is -0.491. The Hall–Kier alpha value is -2.81. The van der Waals surface area contributed by atoms with Crippen LogP contribution in [-0.2, 0) is 4.79 Å². The van der Waals surface area contributed by atoms with Crippen LogP contribution >= 0.6 is 0 Å². The SMILES string of the molecule is C=CCNC(=O)NC(=O)CNc1ccccc1C#N.